The van der Waals surface area contributed by atoms with Gasteiger partial charge in [0.05, 0.1) is 6.26 Å². The largest absolute Gasteiger partial charge is 0.465 e. The molecule has 8 heteroatoms. The lowest BCUT2D eigenvalue weighted by Gasteiger charge is -2.23. The standard InChI is InChI=1S/C18H24N4O4/c1-3-5-11-21(14(23)9-8-13-7-6-12-26-13)15-16(19)22(10-4-2)18(25)20-17(15)24/h6-9,12H,3-5,10-11,19H2,1-2H3,(H,20,24,25). The summed E-state index contributed by atoms with van der Waals surface area (Å²) in [6.45, 7) is 4.54. The van der Waals surface area contributed by atoms with Gasteiger partial charge in [0.2, 0.25) is 0 Å². The van der Waals surface area contributed by atoms with Crippen LogP contribution in [0.1, 0.15) is 38.9 Å². The third-order valence-corrected chi connectivity index (χ3v) is 3.87. The highest BCUT2D eigenvalue weighted by Crippen LogP contribution is 2.18. The van der Waals surface area contributed by atoms with Crippen LogP contribution in [0.15, 0.2) is 38.5 Å². The summed E-state index contributed by atoms with van der Waals surface area (Å²) in [5, 5.41) is 0. The van der Waals surface area contributed by atoms with Crippen molar-refractivity contribution < 1.29 is 9.21 Å². The van der Waals surface area contributed by atoms with Gasteiger partial charge in [-0.05, 0) is 31.1 Å². The van der Waals surface area contributed by atoms with E-state index in [4.69, 9.17) is 10.2 Å². The van der Waals surface area contributed by atoms with Gasteiger partial charge in [0, 0.05) is 19.2 Å². The van der Waals surface area contributed by atoms with E-state index in [1.165, 1.54) is 27.9 Å². The fourth-order valence-corrected chi connectivity index (χ4v) is 2.56. The molecule has 1 amide bonds. The van der Waals surface area contributed by atoms with Crippen LogP contribution in [0.5, 0.6) is 0 Å². The summed E-state index contributed by atoms with van der Waals surface area (Å²) in [5.74, 6) is 0.108. The molecule has 0 aliphatic rings. The summed E-state index contributed by atoms with van der Waals surface area (Å²) in [7, 11) is 0. The normalized spacial score (nSPS) is 11.2. The van der Waals surface area contributed by atoms with E-state index < -0.39 is 17.2 Å². The Kier molecular flexibility index (Phi) is 6.60. The van der Waals surface area contributed by atoms with Gasteiger partial charge in [-0.2, -0.15) is 0 Å². The highest BCUT2D eigenvalue weighted by Gasteiger charge is 2.22. The number of nitrogens with zero attached hydrogens (tertiary/aromatic N) is 2. The van der Waals surface area contributed by atoms with Crippen molar-refractivity contribution in [1.29, 1.82) is 0 Å². The lowest BCUT2D eigenvalue weighted by molar-refractivity contribution is -0.114. The lowest BCUT2D eigenvalue weighted by Crippen LogP contribution is -2.41. The summed E-state index contributed by atoms with van der Waals surface area (Å²) in [5.41, 5.74) is 4.83. The molecule has 140 valence electrons. The average molecular weight is 360 g/mol. The molecule has 0 atom stereocenters. The van der Waals surface area contributed by atoms with Gasteiger partial charge >= 0.3 is 5.69 Å². The zero-order valence-electron chi connectivity index (χ0n) is 15.0. The van der Waals surface area contributed by atoms with Crippen LogP contribution in [-0.2, 0) is 11.3 Å². The van der Waals surface area contributed by atoms with Crippen LogP contribution in [-0.4, -0.2) is 22.0 Å². The highest BCUT2D eigenvalue weighted by molar-refractivity contribution is 6.04. The van der Waals surface area contributed by atoms with Crippen molar-refractivity contribution in [2.24, 2.45) is 0 Å². The number of amides is 1. The molecule has 3 N–H and O–H groups in total. The molecule has 2 heterocycles. The van der Waals surface area contributed by atoms with Crippen molar-refractivity contribution in [2.45, 2.75) is 39.7 Å². The zero-order chi connectivity index (χ0) is 19.1. The summed E-state index contributed by atoms with van der Waals surface area (Å²) >= 11 is 0. The van der Waals surface area contributed by atoms with Crippen LogP contribution >= 0.6 is 0 Å². The predicted octanol–water partition coefficient (Wildman–Crippen LogP) is 1.97. The molecule has 0 bridgehead atoms. The minimum absolute atomic E-state index is 0.000551. The first-order valence-corrected chi connectivity index (χ1v) is 8.65. The Morgan fingerprint density at radius 3 is 2.73 bits per heavy atom. The molecule has 0 aromatic carbocycles. The Labute approximate surface area is 150 Å². The molecule has 0 aliphatic carbocycles. The van der Waals surface area contributed by atoms with Crippen LogP contribution in [0, 0.1) is 0 Å². The number of anilines is 2. The van der Waals surface area contributed by atoms with E-state index in [-0.39, 0.29) is 11.5 Å². The molecule has 26 heavy (non-hydrogen) atoms. The summed E-state index contributed by atoms with van der Waals surface area (Å²) in [4.78, 5) is 40.6. The minimum atomic E-state index is -0.671. The molecule has 0 saturated carbocycles. The highest BCUT2D eigenvalue weighted by atomic mass is 16.3. The number of aromatic amines is 1. The molecule has 8 nitrogen and oxygen atoms in total. The number of carbonyl (C=O) groups is 1. The SMILES string of the molecule is CCCCN(C(=O)C=Cc1ccco1)c1c(N)n(CCC)c(=O)[nH]c1=O. The summed E-state index contributed by atoms with van der Waals surface area (Å²) < 4.78 is 6.45. The molecule has 0 spiro atoms. The number of unbranched alkanes of at least 4 members (excludes halogenated alkanes) is 1. The maximum absolute atomic E-state index is 12.7. The first kappa shape index (κ1) is 19.3. The number of carbonyl (C=O) groups excluding carboxylic acids is 1. The molecule has 0 unspecified atom stereocenters. The molecule has 0 radical (unpaired) electrons. The maximum atomic E-state index is 12.7. The second kappa shape index (κ2) is 8.89. The molecule has 2 rings (SSSR count). The van der Waals surface area contributed by atoms with Gasteiger partial charge in [0.25, 0.3) is 11.5 Å². The molecule has 2 aromatic rings. The number of nitrogens with one attached hydrogen (secondary N) is 1. The third kappa shape index (κ3) is 4.33. The predicted molar refractivity (Wildman–Crippen MR) is 101 cm³/mol. The van der Waals surface area contributed by atoms with E-state index in [1.807, 2.05) is 13.8 Å². The van der Waals surface area contributed by atoms with Crippen molar-refractivity contribution in [3.8, 4) is 0 Å². The number of H-pyrrole nitrogens is 1. The van der Waals surface area contributed by atoms with Crippen LogP contribution in [0.2, 0.25) is 0 Å². The molecule has 0 fully saturated rings. The minimum Gasteiger partial charge on any atom is -0.465 e. The van der Waals surface area contributed by atoms with Crippen molar-refractivity contribution in [1.82, 2.24) is 9.55 Å². The number of nitrogen functional groups attached to an aromatic ring is 1. The number of rotatable bonds is 8. The number of hydrogen-bond donors (Lipinski definition) is 2. The monoisotopic (exact) mass is 360 g/mol. The number of hydrogen-bond acceptors (Lipinski definition) is 5. The smallest absolute Gasteiger partial charge is 0.330 e. The Balaban J connectivity index is 2.46. The summed E-state index contributed by atoms with van der Waals surface area (Å²) in [6, 6.07) is 3.42. The van der Waals surface area contributed by atoms with Gasteiger partial charge in [-0.3, -0.25) is 19.1 Å². The van der Waals surface area contributed by atoms with Gasteiger partial charge < -0.3 is 15.1 Å². The van der Waals surface area contributed by atoms with Crippen molar-refractivity contribution in [3.05, 3.63) is 51.1 Å². The first-order chi connectivity index (χ1) is 12.5. The van der Waals surface area contributed by atoms with E-state index in [1.54, 1.807) is 12.1 Å². The fourth-order valence-electron chi connectivity index (χ4n) is 2.56. The van der Waals surface area contributed by atoms with Crippen molar-refractivity contribution >= 4 is 23.5 Å². The first-order valence-electron chi connectivity index (χ1n) is 8.65. The van der Waals surface area contributed by atoms with Crippen molar-refractivity contribution in [2.75, 3.05) is 17.2 Å². The lowest BCUT2D eigenvalue weighted by atomic mass is 10.2. The third-order valence-electron chi connectivity index (χ3n) is 3.87. The van der Waals surface area contributed by atoms with Crippen LogP contribution < -0.4 is 21.9 Å². The summed E-state index contributed by atoms with van der Waals surface area (Å²) in [6.07, 6.45) is 6.53. The van der Waals surface area contributed by atoms with Crippen LogP contribution in [0.3, 0.4) is 0 Å². The Morgan fingerprint density at radius 2 is 2.12 bits per heavy atom. The zero-order valence-corrected chi connectivity index (χ0v) is 15.0. The van der Waals surface area contributed by atoms with Crippen LogP contribution in [0.25, 0.3) is 6.08 Å². The van der Waals surface area contributed by atoms with Gasteiger partial charge in [-0.1, -0.05) is 20.3 Å². The second-order valence-corrected chi connectivity index (χ2v) is 5.84. The number of nitrogens with two attached hydrogens (primary N) is 1. The quantitative estimate of drug-likeness (QED) is 0.699. The fraction of sp³-hybridized carbons (Fsp3) is 0.389. The topological polar surface area (TPSA) is 114 Å². The molecular weight excluding hydrogens is 336 g/mol. The van der Waals surface area contributed by atoms with Gasteiger partial charge in [0.1, 0.15) is 11.6 Å². The molecule has 2 aromatic heterocycles. The van der Waals surface area contributed by atoms with Gasteiger partial charge in [0.15, 0.2) is 5.69 Å². The number of aromatic nitrogens is 2. The maximum Gasteiger partial charge on any atom is 0.330 e. The van der Waals surface area contributed by atoms with E-state index >= 15 is 0 Å². The number of furan rings is 1. The van der Waals surface area contributed by atoms with E-state index in [2.05, 4.69) is 4.98 Å². The molecule has 0 aliphatic heterocycles. The average Bonchev–Trinajstić information content (AvgIpc) is 3.12. The van der Waals surface area contributed by atoms with E-state index in [0.29, 0.717) is 31.7 Å². The molecular formula is C18H24N4O4. The van der Waals surface area contributed by atoms with Gasteiger partial charge in [-0.15, -0.1) is 0 Å². The Hall–Kier alpha value is -3.03. The second-order valence-electron chi connectivity index (χ2n) is 5.84. The Morgan fingerprint density at radius 1 is 1.35 bits per heavy atom. The van der Waals surface area contributed by atoms with E-state index in [9.17, 15) is 14.4 Å². The van der Waals surface area contributed by atoms with Crippen LogP contribution in [0.4, 0.5) is 11.5 Å². The van der Waals surface area contributed by atoms with E-state index in [0.717, 1.165) is 6.42 Å². The van der Waals surface area contributed by atoms with Gasteiger partial charge in [-0.25, -0.2) is 4.79 Å². The molecule has 0 saturated heterocycles. The van der Waals surface area contributed by atoms with Crippen molar-refractivity contribution in [3.63, 3.8) is 0 Å². The Bertz CT molecular complexity index is 878.